The molecular weight excluding hydrogens is 294 g/mol. The molecule has 23 heavy (non-hydrogen) atoms. The van der Waals surface area contributed by atoms with Gasteiger partial charge in [-0.05, 0) is 31.6 Å². The lowest BCUT2D eigenvalue weighted by Crippen LogP contribution is -2.26. The van der Waals surface area contributed by atoms with Crippen LogP contribution < -0.4 is 0 Å². The second kappa shape index (κ2) is 10.3. The van der Waals surface area contributed by atoms with Crippen molar-refractivity contribution in [2.75, 3.05) is 0 Å². The Morgan fingerprint density at radius 1 is 0.696 bits per heavy atom. The minimum absolute atomic E-state index is 0.0339. The first-order chi connectivity index (χ1) is 11.2. The Hall–Kier alpha value is -0.620. The maximum Gasteiger partial charge on any atom is 0.308 e. The molecule has 0 saturated heterocycles. The van der Waals surface area contributed by atoms with Crippen LogP contribution >= 0.6 is 0 Å². The van der Waals surface area contributed by atoms with Crippen molar-refractivity contribution in [3.05, 3.63) is 0 Å². The highest BCUT2D eigenvalue weighted by atomic mass is 19.3. The SMILES string of the molecule is FC1(F)C#CCCC(OC2CCCCCCCCCCC2)CC1. The van der Waals surface area contributed by atoms with E-state index in [9.17, 15) is 8.78 Å². The summed E-state index contributed by atoms with van der Waals surface area (Å²) in [6, 6.07) is 0. The summed E-state index contributed by atoms with van der Waals surface area (Å²) in [5, 5.41) is 0. The van der Waals surface area contributed by atoms with Crippen LogP contribution in [0.4, 0.5) is 8.78 Å². The van der Waals surface area contributed by atoms with Gasteiger partial charge in [0, 0.05) is 12.8 Å². The molecule has 0 N–H and O–H groups in total. The van der Waals surface area contributed by atoms with Crippen LogP contribution in [-0.2, 0) is 4.74 Å². The molecule has 0 aliphatic heterocycles. The third-order valence-corrected chi connectivity index (χ3v) is 5.08. The molecule has 0 bridgehead atoms. The second-order valence-corrected chi connectivity index (χ2v) is 7.22. The quantitative estimate of drug-likeness (QED) is 0.544. The minimum atomic E-state index is -2.82. The van der Waals surface area contributed by atoms with Crippen molar-refractivity contribution >= 4 is 0 Å². The van der Waals surface area contributed by atoms with Crippen LogP contribution in [0.25, 0.3) is 0 Å². The molecule has 0 heterocycles. The number of rotatable bonds is 2. The molecule has 0 aromatic heterocycles. The van der Waals surface area contributed by atoms with Gasteiger partial charge in [-0.2, -0.15) is 8.78 Å². The van der Waals surface area contributed by atoms with Crippen LogP contribution in [0.1, 0.15) is 96.3 Å². The number of hydrogen-bond acceptors (Lipinski definition) is 1. The zero-order valence-corrected chi connectivity index (χ0v) is 14.4. The van der Waals surface area contributed by atoms with Gasteiger partial charge in [-0.3, -0.25) is 0 Å². The maximum atomic E-state index is 13.5. The zero-order valence-electron chi connectivity index (χ0n) is 14.4. The van der Waals surface area contributed by atoms with E-state index in [1.165, 1.54) is 57.8 Å². The second-order valence-electron chi connectivity index (χ2n) is 7.22. The molecule has 1 fully saturated rings. The van der Waals surface area contributed by atoms with Crippen LogP contribution in [0.3, 0.4) is 0 Å². The first kappa shape index (κ1) is 18.7. The molecule has 0 aromatic carbocycles. The first-order valence-electron chi connectivity index (χ1n) is 9.69. The third kappa shape index (κ3) is 8.15. The highest BCUT2D eigenvalue weighted by Gasteiger charge is 2.29. The van der Waals surface area contributed by atoms with Gasteiger partial charge < -0.3 is 4.74 Å². The van der Waals surface area contributed by atoms with Crippen LogP contribution in [0.5, 0.6) is 0 Å². The molecule has 1 atom stereocenters. The summed E-state index contributed by atoms with van der Waals surface area (Å²) in [4.78, 5) is 0. The average molecular weight is 326 g/mol. The smallest absolute Gasteiger partial charge is 0.308 e. The molecule has 132 valence electrons. The largest absolute Gasteiger partial charge is 0.375 e. The third-order valence-electron chi connectivity index (χ3n) is 5.08. The molecule has 3 heteroatoms. The van der Waals surface area contributed by atoms with Gasteiger partial charge in [0.1, 0.15) is 0 Å². The summed E-state index contributed by atoms with van der Waals surface area (Å²) in [5.74, 6) is 1.89. The summed E-state index contributed by atoms with van der Waals surface area (Å²) in [5.41, 5.74) is 0. The summed E-state index contributed by atoms with van der Waals surface area (Å²) in [7, 11) is 0. The van der Waals surface area contributed by atoms with Crippen LogP contribution in [0, 0.1) is 11.8 Å². The average Bonchev–Trinajstić information content (AvgIpc) is 2.49. The number of ether oxygens (including phenoxy) is 1. The van der Waals surface area contributed by atoms with Crippen molar-refractivity contribution in [1.29, 1.82) is 0 Å². The van der Waals surface area contributed by atoms with Gasteiger partial charge in [-0.25, -0.2) is 0 Å². The predicted molar refractivity (Wildman–Crippen MR) is 90.6 cm³/mol. The van der Waals surface area contributed by atoms with E-state index < -0.39 is 5.92 Å². The molecule has 1 saturated carbocycles. The van der Waals surface area contributed by atoms with Crippen molar-refractivity contribution in [1.82, 2.24) is 0 Å². The Bertz CT molecular complexity index is 371. The van der Waals surface area contributed by atoms with E-state index in [1.54, 1.807) is 0 Å². The minimum Gasteiger partial charge on any atom is -0.375 e. The summed E-state index contributed by atoms with van der Waals surface area (Å²) in [6.07, 6.45) is 15.8. The van der Waals surface area contributed by atoms with Gasteiger partial charge in [-0.15, -0.1) is 0 Å². The lowest BCUT2D eigenvalue weighted by atomic mass is 9.98. The van der Waals surface area contributed by atoms with Gasteiger partial charge in [0.15, 0.2) is 0 Å². The lowest BCUT2D eigenvalue weighted by Gasteiger charge is -2.27. The Kier molecular flexibility index (Phi) is 8.37. The van der Waals surface area contributed by atoms with Crippen molar-refractivity contribution in [2.24, 2.45) is 0 Å². The number of alkyl halides is 2. The van der Waals surface area contributed by atoms with E-state index in [4.69, 9.17) is 4.74 Å². The molecule has 2 aliphatic rings. The predicted octanol–water partition coefficient (Wildman–Crippen LogP) is 6.26. The Morgan fingerprint density at radius 2 is 1.22 bits per heavy atom. The molecule has 0 spiro atoms. The summed E-state index contributed by atoms with van der Waals surface area (Å²) < 4.78 is 33.2. The van der Waals surface area contributed by atoms with E-state index >= 15 is 0 Å². The molecule has 2 aliphatic carbocycles. The lowest BCUT2D eigenvalue weighted by molar-refractivity contribution is -0.0455. The fraction of sp³-hybridized carbons (Fsp3) is 0.900. The Labute approximate surface area is 140 Å². The normalized spacial score (nSPS) is 28.3. The van der Waals surface area contributed by atoms with Crippen molar-refractivity contribution < 1.29 is 13.5 Å². The van der Waals surface area contributed by atoms with E-state index in [1.807, 2.05) is 0 Å². The Morgan fingerprint density at radius 3 is 1.83 bits per heavy atom. The molecule has 0 aromatic rings. The number of hydrogen-bond donors (Lipinski definition) is 0. The fourth-order valence-corrected chi connectivity index (χ4v) is 3.64. The topological polar surface area (TPSA) is 9.23 Å². The monoisotopic (exact) mass is 326 g/mol. The zero-order chi connectivity index (χ0) is 16.4. The van der Waals surface area contributed by atoms with Gasteiger partial charge in [0.05, 0.1) is 12.2 Å². The van der Waals surface area contributed by atoms with Crippen LogP contribution in [0.2, 0.25) is 0 Å². The van der Waals surface area contributed by atoms with E-state index in [-0.39, 0.29) is 18.6 Å². The molecule has 1 unspecified atom stereocenters. The standard InChI is InChI=1S/C20H32F2O/c21-20(22)16-11-10-14-19(15-17-20)23-18-12-8-6-4-2-1-3-5-7-9-13-18/h18-19H,1-10,12-15,17H2. The molecule has 0 radical (unpaired) electrons. The van der Waals surface area contributed by atoms with Crippen molar-refractivity contribution in [3.8, 4) is 11.8 Å². The first-order valence-corrected chi connectivity index (χ1v) is 9.69. The molecular formula is C20H32F2O. The number of halogens is 2. The maximum absolute atomic E-state index is 13.5. The van der Waals surface area contributed by atoms with Crippen LogP contribution in [-0.4, -0.2) is 18.1 Å². The fourth-order valence-electron chi connectivity index (χ4n) is 3.64. The van der Waals surface area contributed by atoms with Gasteiger partial charge in [0.2, 0.25) is 0 Å². The van der Waals surface area contributed by atoms with Gasteiger partial charge in [0.25, 0.3) is 0 Å². The van der Waals surface area contributed by atoms with Crippen molar-refractivity contribution in [2.45, 2.75) is 114 Å². The molecule has 0 amide bonds. The van der Waals surface area contributed by atoms with E-state index in [0.29, 0.717) is 12.8 Å². The van der Waals surface area contributed by atoms with Crippen molar-refractivity contribution in [3.63, 3.8) is 0 Å². The van der Waals surface area contributed by atoms with E-state index in [2.05, 4.69) is 11.8 Å². The highest BCUT2D eigenvalue weighted by molar-refractivity contribution is 5.10. The van der Waals surface area contributed by atoms with Gasteiger partial charge in [-0.1, -0.05) is 63.7 Å². The Balaban J connectivity index is 1.81. The summed E-state index contributed by atoms with van der Waals surface area (Å²) >= 11 is 0. The van der Waals surface area contributed by atoms with Gasteiger partial charge >= 0.3 is 5.92 Å². The van der Waals surface area contributed by atoms with Crippen LogP contribution in [0.15, 0.2) is 0 Å². The molecule has 1 nitrogen and oxygen atoms in total. The molecule has 2 rings (SSSR count). The van der Waals surface area contributed by atoms with E-state index in [0.717, 1.165) is 19.3 Å². The highest BCUT2D eigenvalue weighted by Crippen LogP contribution is 2.27. The summed E-state index contributed by atoms with van der Waals surface area (Å²) in [6.45, 7) is 0.